The van der Waals surface area contributed by atoms with E-state index in [4.69, 9.17) is 49.5 Å². The van der Waals surface area contributed by atoms with E-state index in [1.54, 1.807) is 13.2 Å². The number of benzene rings is 7. The van der Waals surface area contributed by atoms with Crippen LogP contribution in [0.3, 0.4) is 0 Å². The molecule has 7 aromatic rings. The van der Waals surface area contributed by atoms with E-state index in [9.17, 15) is 5.11 Å². The third kappa shape index (κ3) is 13.5. The fourth-order valence-electron chi connectivity index (χ4n) is 8.32. The van der Waals surface area contributed by atoms with Gasteiger partial charge in [-0.15, -0.1) is 0 Å². The summed E-state index contributed by atoms with van der Waals surface area (Å²) >= 11 is 7.22. The topological polar surface area (TPSA) is 94.1 Å². The van der Waals surface area contributed by atoms with Gasteiger partial charge in [0.15, 0.2) is 0 Å². The van der Waals surface area contributed by atoms with Crippen molar-refractivity contribution in [2.75, 3.05) is 27.1 Å². The zero-order valence-electron chi connectivity index (χ0n) is 38.4. The van der Waals surface area contributed by atoms with E-state index in [1.807, 2.05) is 158 Å². The van der Waals surface area contributed by atoms with Crippen molar-refractivity contribution in [3.63, 3.8) is 0 Å². The molecule has 352 valence electrons. The minimum absolute atomic E-state index is 0.0524. The maximum absolute atomic E-state index is 13.9. The number of rotatable bonds is 24. The van der Waals surface area contributed by atoms with Gasteiger partial charge in [0.25, 0.3) is 0 Å². The molecule has 0 radical (unpaired) electrons. The summed E-state index contributed by atoms with van der Waals surface area (Å²) in [6.07, 6.45) is -2.53. The third-order valence-electron chi connectivity index (χ3n) is 11.9. The molecular formula is C58H59ClO9. The molecule has 1 unspecified atom stereocenters. The molecule has 1 saturated heterocycles. The van der Waals surface area contributed by atoms with Crippen LogP contribution in [0.4, 0.5) is 0 Å². The minimum atomic E-state index is -2.21. The quantitative estimate of drug-likeness (QED) is 0.0470. The van der Waals surface area contributed by atoms with Crippen molar-refractivity contribution in [3.8, 4) is 5.75 Å². The summed E-state index contributed by atoms with van der Waals surface area (Å²) < 4.78 is 51.8. The highest BCUT2D eigenvalue weighted by Gasteiger charge is 2.58. The van der Waals surface area contributed by atoms with Gasteiger partial charge in [-0.25, -0.2) is 0 Å². The van der Waals surface area contributed by atoms with Crippen molar-refractivity contribution >= 4 is 11.6 Å². The predicted octanol–water partition coefficient (Wildman–Crippen LogP) is 11.2. The summed E-state index contributed by atoms with van der Waals surface area (Å²) in [7, 11) is 1.61. The molecule has 1 aliphatic heterocycles. The fourth-order valence-corrected chi connectivity index (χ4v) is 8.54. The maximum atomic E-state index is 13.9. The Hall–Kier alpha value is -5.69. The van der Waals surface area contributed by atoms with Gasteiger partial charge in [0, 0.05) is 12.1 Å². The van der Waals surface area contributed by atoms with Crippen LogP contribution >= 0.6 is 11.6 Å². The molecule has 1 fully saturated rings. The van der Waals surface area contributed by atoms with Crippen LogP contribution in [0.2, 0.25) is 5.02 Å². The summed E-state index contributed by atoms with van der Waals surface area (Å²) in [5.41, 5.74) is 7.98. The van der Waals surface area contributed by atoms with Crippen molar-refractivity contribution in [3.05, 3.63) is 243 Å². The zero-order chi connectivity index (χ0) is 46.8. The van der Waals surface area contributed by atoms with Gasteiger partial charge in [-0.1, -0.05) is 188 Å². The van der Waals surface area contributed by atoms with E-state index in [0.29, 0.717) is 36.0 Å². The maximum Gasteiger partial charge on any atom is 0.226 e. The number of hydrogen-bond acceptors (Lipinski definition) is 9. The highest BCUT2D eigenvalue weighted by molar-refractivity contribution is 6.31. The highest BCUT2D eigenvalue weighted by atomic mass is 35.5. The molecule has 9 nitrogen and oxygen atoms in total. The standard InChI is InChI=1S/C58H59ClO9/c1-61-42-62-32-31-43-27-29-44(30-28-43)33-50-34-51(53(35-52(50)59)64-37-46-19-9-3-10-20-46)58(60)57(67-40-49-25-15-6-16-26-49)56(66-39-48-23-13-5-14-24-48)55(65-38-47-21-11-4-12-22-47)54(68-58)41-63-36-45-17-7-2-8-18-45/h2-30,34-35,54-57,60H,31-33,36-42H2,1H3/t54-,55-,56+,57-,58?/m1/s1. The van der Waals surface area contributed by atoms with Crippen LogP contribution in [0.15, 0.2) is 188 Å². The Bertz CT molecular complexity index is 2530. The zero-order valence-corrected chi connectivity index (χ0v) is 39.1. The van der Waals surface area contributed by atoms with Crippen LogP contribution in [0.25, 0.3) is 0 Å². The largest absolute Gasteiger partial charge is 0.488 e. The first-order valence-corrected chi connectivity index (χ1v) is 23.5. The van der Waals surface area contributed by atoms with E-state index < -0.39 is 30.2 Å². The Labute approximate surface area is 405 Å². The molecule has 1 heterocycles. The Morgan fingerprint density at radius 3 is 1.56 bits per heavy atom. The van der Waals surface area contributed by atoms with Gasteiger partial charge in [-0.2, -0.15) is 0 Å². The molecule has 1 aliphatic rings. The normalized spacial score (nSPS) is 19.2. The molecule has 10 heteroatoms. The molecule has 7 aromatic carbocycles. The van der Waals surface area contributed by atoms with E-state index in [1.165, 1.54) is 0 Å². The summed E-state index contributed by atoms with van der Waals surface area (Å²) in [5, 5.41) is 14.3. The number of aliphatic hydroxyl groups is 1. The average Bonchev–Trinajstić information content (AvgIpc) is 3.38. The van der Waals surface area contributed by atoms with Crippen LogP contribution in [0.5, 0.6) is 5.75 Å². The molecule has 0 bridgehead atoms. The summed E-state index contributed by atoms with van der Waals surface area (Å²) in [6, 6.07) is 61.6. The van der Waals surface area contributed by atoms with Crippen molar-refractivity contribution < 1.29 is 43.0 Å². The Morgan fingerprint density at radius 1 is 0.529 bits per heavy atom. The van der Waals surface area contributed by atoms with Crippen molar-refractivity contribution in [2.24, 2.45) is 0 Å². The fraction of sp³-hybridized carbons (Fsp3) is 0.276. The lowest BCUT2D eigenvalue weighted by atomic mass is 9.85. The number of hydrogen-bond donors (Lipinski definition) is 1. The van der Waals surface area contributed by atoms with Gasteiger partial charge in [-0.3, -0.25) is 0 Å². The van der Waals surface area contributed by atoms with Crippen LogP contribution in [0.1, 0.15) is 50.1 Å². The lowest BCUT2D eigenvalue weighted by molar-refractivity contribution is -0.379. The van der Waals surface area contributed by atoms with Gasteiger partial charge in [0.1, 0.15) is 43.6 Å². The molecule has 0 spiro atoms. The molecule has 0 aromatic heterocycles. The highest BCUT2D eigenvalue weighted by Crippen LogP contribution is 2.46. The van der Waals surface area contributed by atoms with E-state index in [2.05, 4.69) is 24.3 Å². The molecule has 5 atom stereocenters. The van der Waals surface area contributed by atoms with Crippen LogP contribution in [-0.4, -0.2) is 56.6 Å². The number of halogens is 1. The third-order valence-corrected chi connectivity index (χ3v) is 12.2. The van der Waals surface area contributed by atoms with Gasteiger partial charge < -0.3 is 43.0 Å². The molecule has 68 heavy (non-hydrogen) atoms. The molecule has 0 saturated carbocycles. The SMILES string of the molecule is COCOCCc1ccc(Cc2cc(C3(O)O[C@H](COCc4ccccc4)[C@@H](OCc4ccccc4)[C@H](OCc4ccccc4)[C@H]3OCc3ccccc3)c(OCc3ccccc3)cc2Cl)cc1. The Balaban J connectivity index is 1.23. The first-order valence-electron chi connectivity index (χ1n) is 23.1. The second kappa shape index (κ2) is 25.1. The molecular weight excluding hydrogens is 876 g/mol. The second-order valence-electron chi connectivity index (χ2n) is 16.9. The van der Waals surface area contributed by atoms with E-state index in [0.717, 1.165) is 50.9 Å². The number of methoxy groups -OCH3 is 1. The van der Waals surface area contributed by atoms with Crippen LogP contribution < -0.4 is 4.74 Å². The Kier molecular flexibility index (Phi) is 18.0. The summed E-state index contributed by atoms with van der Waals surface area (Å²) in [4.78, 5) is 0. The van der Waals surface area contributed by atoms with Gasteiger partial charge in [-0.05, 0) is 69.5 Å². The molecule has 8 rings (SSSR count). The van der Waals surface area contributed by atoms with Crippen molar-refractivity contribution in [2.45, 2.75) is 76.1 Å². The summed E-state index contributed by atoms with van der Waals surface area (Å²) in [6.45, 7) is 1.94. The molecule has 1 N–H and O–H groups in total. The minimum Gasteiger partial charge on any atom is -0.488 e. The van der Waals surface area contributed by atoms with E-state index >= 15 is 0 Å². The smallest absolute Gasteiger partial charge is 0.226 e. The van der Waals surface area contributed by atoms with Gasteiger partial charge in [0.05, 0.1) is 45.2 Å². The van der Waals surface area contributed by atoms with Crippen molar-refractivity contribution in [1.29, 1.82) is 0 Å². The van der Waals surface area contributed by atoms with Gasteiger partial charge in [0.2, 0.25) is 5.79 Å². The predicted molar refractivity (Wildman–Crippen MR) is 263 cm³/mol. The first-order chi connectivity index (χ1) is 33.4. The Morgan fingerprint density at radius 2 is 1.01 bits per heavy atom. The number of ether oxygens (including phenoxy) is 8. The first kappa shape index (κ1) is 48.8. The monoisotopic (exact) mass is 934 g/mol. The second-order valence-corrected chi connectivity index (χ2v) is 17.3. The lowest BCUT2D eigenvalue weighted by Crippen LogP contribution is -2.65. The van der Waals surface area contributed by atoms with Crippen LogP contribution in [-0.2, 0) is 84.8 Å². The molecule has 0 amide bonds. The average molecular weight is 936 g/mol. The van der Waals surface area contributed by atoms with Gasteiger partial charge >= 0.3 is 0 Å². The molecule has 0 aliphatic carbocycles. The van der Waals surface area contributed by atoms with Crippen molar-refractivity contribution in [1.82, 2.24) is 0 Å². The lowest BCUT2D eigenvalue weighted by Gasteiger charge is -2.50. The van der Waals surface area contributed by atoms with Crippen LogP contribution in [0, 0.1) is 0 Å². The summed E-state index contributed by atoms with van der Waals surface area (Å²) in [5.74, 6) is -1.87. The van der Waals surface area contributed by atoms with E-state index in [-0.39, 0.29) is 39.8 Å².